The summed E-state index contributed by atoms with van der Waals surface area (Å²) in [6.45, 7) is 5.98. The third-order valence-corrected chi connectivity index (χ3v) is 2.89. The van der Waals surface area contributed by atoms with E-state index < -0.39 is 6.17 Å². The first-order chi connectivity index (χ1) is 7.31. The van der Waals surface area contributed by atoms with Crippen LogP contribution >= 0.6 is 0 Å². The molecule has 0 bridgehead atoms. The fourth-order valence-corrected chi connectivity index (χ4v) is 1.83. The second kappa shape index (κ2) is 12.0. The Bertz CT molecular complexity index is 112. The highest BCUT2D eigenvalue weighted by molar-refractivity contribution is 4.57. The van der Waals surface area contributed by atoms with Crippen LogP contribution in [-0.2, 0) is 0 Å². The summed E-state index contributed by atoms with van der Waals surface area (Å²) in [7, 11) is 0. The van der Waals surface area contributed by atoms with E-state index in [9.17, 15) is 4.39 Å². The van der Waals surface area contributed by atoms with Crippen molar-refractivity contribution in [1.82, 2.24) is 0 Å². The van der Waals surface area contributed by atoms with Gasteiger partial charge >= 0.3 is 0 Å². The summed E-state index contributed by atoms with van der Waals surface area (Å²) in [5.74, 6) is 0. The van der Waals surface area contributed by atoms with Crippen molar-refractivity contribution in [3.63, 3.8) is 0 Å². The van der Waals surface area contributed by atoms with Crippen LogP contribution in [-0.4, -0.2) is 6.17 Å². The number of rotatable bonds is 11. The van der Waals surface area contributed by atoms with Gasteiger partial charge in [-0.05, 0) is 12.8 Å². The van der Waals surface area contributed by atoms with E-state index in [-0.39, 0.29) is 0 Å². The molecule has 0 spiro atoms. The number of unbranched alkanes of at least 4 members (excludes halogenated alkanes) is 7. The SMILES string of the molecule is [CH2]CCCCCCCC(F)CCCCC. The topological polar surface area (TPSA) is 0 Å². The molecule has 0 aliphatic carbocycles. The molecule has 1 heteroatoms. The van der Waals surface area contributed by atoms with E-state index in [1.807, 2.05) is 0 Å². The molecule has 0 fully saturated rings. The van der Waals surface area contributed by atoms with Gasteiger partial charge in [0.05, 0.1) is 0 Å². The molecule has 0 amide bonds. The van der Waals surface area contributed by atoms with E-state index in [4.69, 9.17) is 0 Å². The number of halogens is 1. The standard InChI is InChI=1S/C14H28F/c1-3-5-7-8-9-11-13-14(15)12-10-6-4-2/h14H,1,3-13H2,2H3. The molecule has 0 rings (SSSR count). The summed E-state index contributed by atoms with van der Waals surface area (Å²) in [6, 6.07) is 0. The zero-order valence-corrected chi connectivity index (χ0v) is 10.4. The average Bonchev–Trinajstić information content (AvgIpc) is 2.23. The monoisotopic (exact) mass is 215 g/mol. The van der Waals surface area contributed by atoms with Gasteiger partial charge in [-0.15, -0.1) is 0 Å². The minimum absolute atomic E-state index is 0.538. The molecule has 0 aliphatic rings. The molecule has 0 aromatic heterocycles. The first-order valence-electron chi connectivity index (χ1n) is 6.74. The van der Waals surface area contributed by atoms with Crippen LogP contribution in [0.4, 0.5) is 4.39 Å². The molecule has 1 radical (unpaired) electrons. The summed E-state index contributed by atoms with van der Waals surface area (Å²) in [6.07, 6.45) is 11.6. The van der Waals surface area contributed by atoms with Gasteiger partial charge in [0.2, 0.25) is 0 Å². The van der Waals surface area contributed by atoms with Crippen molar-refractivity contribution in [2.24, 2.45) is 0 Å². The summed E-state index contributed by atoms with van der Waals surface area (Å²) in [5, 5.41) is 0. The molecule has 0 aliphatic heterocycles. The maximum absolute atomic E-state index is 13.3. The van der Waals surface area contributed by atoms with Crippen LogP contribution in [0.15, 0.2) is 0 Å². The highest BCUT2D eigenvalue weighted by atomic mass is 19.1. The lowest BCUT2D eigenvalue weighted by Crippen LogP contribution is -1.99. The van der Waals surface area contributed by atoms with Crippen molar-refractivity contribution in [3.8, 4) is 0 Å². The third-order valence-electron chi connectivity index (χ3n) is 2.89. The zero-order valence-electron chi connectivity index (χ0n) is 10.4. The van der Waals surface area contributed by atoms with Crippen LogP contribution in [0.1, 0.15) is 77.6 Å². The predicted octanol–water partition coefficient (Wildman–Crippen LogP) is 5.47. The van der Waals surface area contributed by atoms with Gasteiger partial charge in [-0.25, -0.2) is 4.39 Å². The first kappa shape index (κ1) is 14.9. The molecule has 0 heterocycles. The van der Waals surface area contributed by atoms with Crippen molar-refractivity contribution in [1.29, 1.82) is 0 Å². The van der Waals surface area contributed by atoms with Crippen molar-refractivity contribution >= 4 is 0 Å². The normalized spacial score (nSPS) is 13.0. The molecular formula is C14H28F. The Morgan fingerprint density at radius 2 is 1.40 bits per heavy atom. The molecular weight excluding hydrogens is 187 g/mol. The highest BCUT2D eigenvalue weighted by Crippen LogP contribution is 2.14. The van der Waals surface area contributed by atoms with Gasteiger partial charge in [0.15, 0.2) is 0 Å². The van der Waals surface area contributed by atoms with Gasteiger partial charge in [0.1, 0.15) is 6.17 Å². The van der Waals surface area contributed by atoms with Gasteiger partial charge in [-0.2, -0.15) is 0 Å². The lowest BCUT2D eigenvalue weighted by molar-refractivity contribution is 0.280. The largest absolute Gasteiger partial charge is 0.247 e. The van der Waals surface area contributed by atoms with E-state index in [0.717, 1.165) is 32.1 Å². The van der Waals surface area contributed by atoms with Crippen LogP contribution < -0.4 is 0 Å². The molecule has 1 atom stereocenters. The van der Waals surface area contributed by atoms with Gasteiger partial charge in [-0.3, -0.25) is 0 Å². The van der Waals surface area contributed by atoms with Crippen LogP contribution in [0, 0.1) is 6.92 Å². The molecule has 0 N–H and O–H groups in total. The third kappa shape index (κ3) is 11.9. The Balaban J connectivity index is 3.06. The molecule has 0 nitrogen and oxygen atoms in total. The Morgan fingerprint density at radius 3 is 2.00 bits per heavy atom. The Labute approximate surface area is 95.6 Å². The van der Waals surface area contributed by atoms with Crippen molar-refractivity contribution in [2.45, 2.75) is 83.7 Å². The summed E-state index contributed by atoms with van der Waals surface area (Å²) in [4.78, 5) is 0. The average molecular weight is 215 g/mol. The minimum Gasteiger partial charge on any atom is -0.247 e. The summed E-state index contributed by atoms with van der Waals surface area (Å²) < 4.78 is 13.3. The van der Waals surface area contributed by atoms with Crippen LogP contribution in [0.3, 0.4) is 0 Å². The number of hydrogen-bond acceptors (Lipinski definition) is 0. The number of hydrogen-bond donors (Lipinski definition) is 0. The molecule has 0 saturated heterocycles. The quantitative estimate of drug-likeness (QED) is 0.401. The van der Waals surface area contributed by atoms with E-state index in [2.05, 4.69) is 13.8 Å². The fraction of sp³-hybridized carbons (Fsp3) is 0.929. The zero-order chi connectivity index (χ0) is 11.4. The highest BCUT2D eigenvalue weighted by Gasteiger charge is 2.04. The van der Waals surface area contributed by atoms with Gasteiger partial charge in [0, 0.05) is 0 Å². The molecule has 0 saturated carbocycles. The van der Waals surface area contributed by atoms with Crippen molar-refractivity contribution in [2.75, 3.05) is 0 Å². The lowest BCUT2D eigenvalue weighted by atomic mass is 10.0. The van der Waals surface area contributed by atoms with Crippen LogP contribution in [0.2, 0.25) is 0 Å². The second-order valence-electron chi connectivity index (χ2n) is 4.50. The van der Waals surface area contributed by atoms with Gasteiger partial charge < -0.3 is 0 Å². The van der Waals surface area contributed by atoms with Crippen molar-refractivity contribution in [3.05, 3.63) is 6.92 Å². The maximum atomic E-state index is 13.3. The number of alkyl halides is 1. The predicted molar refractivity (Wildman–Crippen MR) is 66.7 cm³/mol. The second-order valence-corrected chi connectivity index (χ2v) is 4.50. The molecule has 91 valence electrons. The van der Waals surface area contributed by atoms with E-state index >= 15 is 0 Å². The Morgan fingerprint density at radius 1 is 0.867 bits per heavy atom. The molecule has 0 aromatic carbocycles. The van der Waals surface area contributed by atoms with Crippen LogP contribution in [0.25, 0.3) is 0 Å². The smallest absolute Gasteiger partial charge is 0.100 e. The maximum Gasteiger partial charge on any atom is 0.100 e. The van der Waals surface area contributed by atoms with Gasteiger partial charge in [-0.1, -0.05) is 71.6 Å². The Kier molecular flexibility index (Phi) is 11.9. The fourth-order valence-electron chi connectivity index (χ4n) is 1.83. The van der Waals surface area contributed by atoms with Crippen LogP contribution in [0.5, 0.6) is 0 Å². The molecule has 15 heavy (non-hydrogen) atoms. The van der Waals surface area contributed by atoms with E-state index in [1.165, 1.54) is 38.5 Å². The van der Waals surface area contributed by atoms with Crippen molar-refractivity contribution < 1.29 is 4.39 Å². The van der Waals surface area contributed by atoms with E-state index in [1.54, 1.807) is 0 Å². The molecule has 0 aromatic rings. The summed E-state index contributed by atoms with van der Waals surface area (Å²) >= 11 is 0. The summed E-state index contributed by atoms with van der Waals surface area (Å²) in [5.41, 5.74) is 0. The van der Waals surface area contributed by atoms with Gasteiger partial charge in [0.25, 0.3) is 0 Å². The first-order valence-corrected chi connectivity index (χ1v) is 6.74. The Hall–Kier alpha value is -0.0700. The lowest BCUT2D eigenvalue weighted by Gasteiger charge is -2.07. The molecule has 1 unspecified atom stereocenters. The van der Waals surface area contributed by atoms with E-state index in [0.29, 0.717) is 0 Å². The minimum atomic E-state index is -0.538.